The molecule has 0 aliphatic rings. The molecule has 0 saturated carbocycles. The number of hydrogen-bond donors (Lipinski definition) is 0. The number of allylic oxidation sites excluding steroid dienone is 6. The maximum absolute atomic E-state index is 13.8. The van der Waals surface area contributed by atoms with E-state index in [1.54, 1.807) is 32.9 Å². The summed E-state index contributed by atoms with van der Waals surface area (Å²) < 4.78 is 82.7. The van der Waals surface area contributed by atoms with Gasteiger partial charge in [0.2, 0.25) is 5.41 Å². The third-order valence-corrected chi connectivity index (χ3v) is 3.95. The maximum Gasteiger partial charge on any atom is 0.410 e. The Hall–Kier alpha value is -1.98. The lowest BCUT2D eigenvalue weighted by molar-refractivity contribution is -0.289. The van der Waals surface area contributed by atoms with E-state index in [1.807, 2.05) is 0 Å². The standard InChI is InChI=1S/C19H20F6/c1-5-6-13(2)7-10-15(4)17(18(20,21)22,19(23,24)25)16-11-8-14(3)9-12-16/h5-12H,1-4H3/b6-5-,13-7-,15-10+. The Balaban J connectivity index is 3.76. The second-order valence-electron chi connectivity index (χ2n) is 5.87. The quantitative estimate of drug-likeness (QED) is 0.407. The van der Waals surface area contributed by atoms with Gasteiger partial charge in [0.05, 0.1) is 0 Å². The van der Waals surface area contributed by atoms with Crippen LogP contribution in [0.3, 0.4) is 0 Å². The molecule has 0 aliphatic carbocycles. The molecule has 6 heteroatoms. The molecule has 0 amide bonds. The fraction of sp³-hybridized carbons (Fsp3) is 0.368. The summed E-state index contributed by atoms with van der Waals surface area (Å²) in [6, 6.07) is 4.26. The molecule has 1 aromatic carbocycles. The largest absolute Gasteiger partial charge is 0.410 e. The van der Waals surface area contributed by atoms with Crippen LogP contribution in [0.25, 0.3) is 0 Å². The fourth-order valence-electron chi connectivity index (χ4n) is 2.67. The van der Waals surface area contributed by atoms with Crippen molar-refractivity contribution < 1.29 is 26.3 Å². The van der Waals surface area contributed by atoms with E-state index in [-0.39, 0.29) is 0 Å². The fourth-order valence-corrected chi connectivity index (χ4v) is 2.67. The highest BCUT2D eigenvalue weighted by atomic mass is 19.4. The summed E-state index contributed by atoms with van der Waals surface area (Å²) >= 11 is 0. The van der Waals surface area contributed by atoms with Crippen molar-refractivity contribution in [1.29, 1.82) is 0 Å². The Morgan fingerprint density at radius 3 is 1.72 bits per heavy atom. The van der Waals surface area contributed by atoms with Crippen LogP contribution in [0.5, 0.6) is 0 Å². The third-order valence-electron chi connectivity index (χ3n) is 3.95. The van der Waals surface area contributed by atoms with E-state index in [0.717, 1.165) is 25.1 Å². The van der Waals surface area contributed by atoms with E-state index in [2.05, 4.69) is 0 Å². The minimum absolute atomic E-state index is 0.545. The van der Waals surface area contributed by atoms with Crippen LogP contribution in [-0.4, -0.2) is 12.4 Å². The molecule has 0 saturated heterocycles. The molecule has 0 aliphatic heterocycles. The number of rotatable bonds is 4. The summed E-state index contributed by atoms with van der Waals surface area (Å²) in [5.41, 5.74) is -4.61. The summed E-state index contributed by atoms with van der Waals surface area (Å²) in [7, 11) is 0. The first kappa shape index (κ1) is 21.1. The monoisotopic (exact) mass is 362 g/mol. The van der Waals surface area contributed by atoms with Gasteiger partial charge >= 0.3 is 12.4 Å². The Kier molecular flexibility index (Phi) is 6.32. The number of benzene rings is 1. The molecule has 0 spiro atoms. The van der Waals surface area contributed by atoms with Gasteiger partial charge in [0.25, 0.3) is 0 Å². The van der Waals surface area contributed by atoms with Crippen molar-refractivity contribution in [3.05, 3.63) is 70.8 Å². The molecule has 0 aromatic heterocycles. The van der Waals surface area contributed by atoms with Gasteiger partial charge in [-0.1, -0.05) is 59.7 Å². The highest BCUT2D eigenvalue weighted by Gasteiger charge is 2.72. The average Bonchev–Trinajstić information content (AvgIpc) is 2.45. The van der Waals surface area contributed by atoms with Crippen LogP contribution in [-0.2, 0) is 5.41 Å². The van der Waals surface area contributed by atoms with E-state index < -0.39 is 28.9 Å². The summed E-state index contributed by atoms with van der Waals surface area (Å²) in [6.45, 7) is 5.76. The molecule has 0 fully saturated rings. The Bertz CT molecular complexity index is 655. The highest BCUT2D eigenvalue weighted by molar-refractivity contribution is 5.43. The zero-order valence-electron chi connectivity index (χ0n) is 14.4. The normalized spacial score (nSPS) is 15.1. The first-order valence-corrected chi connectivity index (χ1v) is 7.57. The first-order valence-electron chi connectivity index (χ1n) is 7.57. The molecule has 0 radical (unpaired) electrons. The van der Waals surface area contributed by atoms with Gasteiger partial charge in [0.15, 0.2) is 0 Å². The summed E-state index contributed by atoms with van der Waals surface area (Å²) in [6.07, 6.45) is -5.70. The van der Waals surface area contributed by atoms with E-state index >= 15 is 0 Å². The van der Waals surface area contributed by atoms with E-state index in [4.69, 9.17) is 0 Å². The van der Waals surface area contributed by atoms with Crippen LogP contribution in [0.1, 0.15) is 31.9 Å². The van der Waals surface area contributed by atoms with E-state index in [0.29, 0.717) is 11.1 Å². The SMILES string of the molecule is C\C=C/C(C)=C\C=C(/C)C(c1ccc(C)cc1)(C(F)(F)F)C(F)(F)F. The average molecular weight is 362 g/mol. The summed E-state index contributed by atoms with van der Waals surface area (Å²) in [5, 5.41) is 0. The third kappa shape index (κ3) is 4.17. The molecule has 0 bridgehead atoms. The van der Waals surface area contributed by atoms with Crippen molar-refractivity contribution in [2.75, 3.05) is 0 Å². The van der Waals surface area contributed by atoms with Gasteiger partial charge in [-0.25, -0.2) is 0 Å². The molecular weight excluding hydrogens is 342 g/mol. The minimum Gasteiger partial charge on any atom is -0.169 e. The van der Waals surface area contributed by atoms with E-state index in [9.17, 15) is 26.3 Å². The lowest BCUT2D eigenvalue weighted by Crippen LogP contribution is -2.54. The molecule has 1 rings (SSSR count). The molecule has 0 unspecified atom stereocenters. The predicted molar refractivity (Wildman–Crippen MR) is 87.3 cm³/mol. The highest BCUT2D eigenvalue weighted by Crippen LogP contribution is 2.56. The molecule has 0 heterocycles. The lowest BCUT2D eigenvalue weighted by Gasteiger charge is -2.38. The number of aryl methyl sites for hydroxylation is 1. The van der Waals surface area contributed by atoms with Crippen molar-refractivity contribution in [3.8, 4) is 0 Å². The van der Waals surface area contributed by atoms with Gasteiger partial charge in [0.1, 0.15) is 0 Å². The van der Waals surface area contributed by atoms with Crippen molar-refractivity contribution in [1.82, 2.24) is 0 Å². The summed E-state index contributed by atoms with van der Waals surface area (Å²) in [4.78, 5) is 0. The predicted octanol–water partition coefficient (Wildman–Crippen LogP) is 6.83. The Labute approximate surface area is 143 Å². The zero-order valence-corrected chi connectivity index (χ0v) is 14.4. The van der Waals surface area contributed by atoms with E-state index in [1.165, 1.54) is 18.2 Å². The number of hydrogen-bond acceptors (Lipinski definition) is 0. The van der Waals surface area contributed by atoms with Gasteiger partial charge in [-0.15, -0.1) is 0 Å². The molecule has 0 atom stereocenters. The van der Waals surface area contributed by atoms with Crippen molar-refractivity contribution in [2.45, 2.75) is 45.5 Å². The molecule has 25 heavy (non-hydrogen) atoms. The zero-order chi connectivity index (χ0) is 19.5. The summed E-state index contributed by atoms with van der Waals surface area (Å²) in [5.74, 6) is 0. The maximum atomic E-state index is 13.8. The lowest BCUT2D eigenvalue weighted by atomic mass is 9.72. The number of alkyl halides is 6. The van der Waals surface area contributed by atoms with Gasteiger partial charge in [-0.3, -0.25) is 0 Å². The molecular formula is C19H20F6. The molecule has 1 aromatic rings. The van der Waals surface area contributed by atoms with Crippen LogP contribution in [0.15, 0.2) is 59.7 Å². The van der Waals surface area contributed by atoms with Gasteiger partial charge < -0.3 is 0 Å². The first-order chi connectivity index (χ1) is 11.4. The minimum atomic E-state index is -5.54. The van der Waals surface area contributed by atoms with Crippen LogP contribution in [0.2, 0.25) is 0 Å². The van der Waals surface area contributed by atoms with Crippen LogP contribution >= 0.6 is 0 Å². The molecule has 138 valence electrons. The van der Waals surface area contributed by atoms with Gasteiger partial charge in [-0.2, -0.15) is 26.3 Å². The van der Waals surface area contributed by atoms with Crippen molar-refractivity contribution in [2.24, 2.45) is 0 Å². The Morgan fingerprint density at radius 1 is 0.840 bits per heavy atom. The van der Waals surface area contributed by atoms with Crippen molar-refractivity contribution in [3.63, 3.8) is 0 Å². The smallest absolute Gasteiger partial charge is 0.169 e. The second kappa shape index (κ2) is 7.50. The molecule has 0 N–H and O–H groups in total. The topological polar surface area (TPSA) is 0 Å². The van der Waals surface area contributed by atoms with Crippen LogP contribution in [0.4, 0.5) is 26.3 Å². The Morgan fingerprint density at radius 2 is 1.32 bits per heavy atom. The van der Waals surface area contributed by atoms with Crippen molar-refractivity contribution >= 4 is 0 Å². The van der Waals surface area contributed by atoms with Gasteiger partial charge in [0, 0.05) is 0 Å². The molecule has 0 nitrogen and oxygen atoms in total. The van der Waals surface area contributed by atoms with Crippen LogP contribution < -0.4 is 0 Å². The van der Waals surface area contributed by atoms with Crippen LogP contribution in [0, 0.1) is 6.92 Å². The van der Waals surface area contributed by atoms with Gasteiger partial charge in [-0.05, 0) is 38.8 Å². The second-order valence-corrected chi connectivity index (χ2v) is 5.87. The number of halogens is 6.